The van der Waals surface area contributed by atoms with Crippen molar-refractivity contribution in [2.45, 2.75) is 19.4 Å². The molecule has 90 valence electrons. The smallest absolute Gasteiger partial charge is 0.0511 e. The number of rotatable bonds is 4. The number of thiophene rings is 1. The van der Waals surface area contributed by atoms with E-state index in [4.69, 9.17) is 5.84 Å². The summed E-state index contributed by atoms with van der Waals surface area (Å²) in [4.78, 5) is 0. The maximum atomic E-state index is 5.67. The summed E-state index contributed by atoms with van der Waals surface area (Å²) in [5.74, 6) is 5.67. The Morgan fingerprint density at radius 3 is 2.88 bits per heavy atom. The van der Waals surface area contributed by atoms with Crippen LogP contribution in [0.25, 0.3) is 0 Å². The van der Waals surface area contributed by atoms with Gasteiger partial charge in [-0.2, -0.15) is 11.3 Å². The van der Waals surface area contributed by atoms with Crippen molar-refractivity contribution in [1.29, 1.82) is 0 Å². The largest absolute Gasteiger partial charge is 0.271 e. The van der Waals surface area contributed by atoms with Crippen LogP contribution in [-0.2, 0) is 6.42 Å². The van der Waals surface area contributed by atoms with E-state index >= 15 is 0 Å². The van der Waals surface area contributed by atoms with Crippen LogP contribution in [0.1, 0.15) is 22.7 Å². The lowest BCUT2D eigenvalue weighted by atomic mass is 9.99. The molecule has 1 atom stereocenters. The third-order valence-electron chi connectivity index (χ3n) is 2.75. The van der Waals surface area contributed by atoms with Crippen LogP contribution in [0.4, 0.5) is 0 Å². The molecule has 0 bridgehead atoms. The highest BCUT2D eigenvalue weighted by Gasteiger charge is 2.14. The number of hydrogen-bond acceptors (Lipinski definition) is 3. The second-order valence-corrected chi connectivity index (χ2v) is 5.71. The van der Waals surface area contributed by atoms with E-state index in [1.54, 1.807) is 11.3 Å². The molecule has 2 nitrogen and oxygen atoms in total. The van der Waals surface area contributed by atoms with E-state index in [2.05, 4.69) is 63.3 Å². The zero-order chi connectivity index (χ0) is 12.3. The molecule has 0 saturated carbocycles. The SMILES string of the molecule is Cc1ccc(Br)c(C(Cc2ccsc2)NN)c1. The minimum absolute atomic E-state index is 0.138. The van der Waals surface area contributed by atoms with Crippen molar-refractivity contribution in [3.63, 3.8) is 0 Å². The van der Waals surface area contributed by atoms with Gasteiger partial charge in [0.1, 0.15) is 0 Å². The molecule has 2 rings (SSSR count). The fraction of sp³-hybridized carbons (Fsp3) is 0.231. The third kappa shape index (κ3) is 3.16. The van der Waals surface area contributed by atoms with Gasteiger partial charge in [-0.15, -0.1) is 0 Å². The van der Waals surface area contributed by atoms with E-state index in [9.17, 15) is 0 Å². The van der Waals surface area contributed by atoms with Gasteiger partial charge >= 0.3 is 0 Å². The molecule has 0 aliphatic heterocycles. The fourth-order valence-corrected chi connectivity index (χ4v) is 3.04. The number of nitrogens with two attached hydrogens (primary N) is 1. The molecule has 0 aliphatic carbocycles. The maximum absolute atomic E-state index is 5.67. The number of benzene rings is 1. The molecular formula is C13H15BrN2S. The summed E-state index contributed by atoms with van der Waals surface area (Å²) in [5.41, 5.74) is 6.66. The summed E-state index contributed by atoms with van der Waals surface area (Å²) in [5, 5.41) is 4.25. The number of aryl methyl sites for hydroxylation is 1. The zero-order valence-corrected chi connectivity index (χ0v) is 12.0. The Labute approximate surface area is 114 Å². The van der Waals surface area contributed by atoms with Crippen molar-refractivity contribution < 1.29 is 0 Å². The van der Waals surface area contributed by atoms with E-state index in [0.717, 1.165) is 10.9 Å². The molecule has 0 aliphatic rings. The molecule has 17 heavy (non-hydrogen) atoms. The Morgan fingerprint density at radius 1 is 1.41 bits per heavy atom. The van der Waals surface area contributed by atoms with Gasteiger partial charge < -0.3 is 0 Å². The summed E-state index contributed by atoms with van der Waals surface area (Å²) < 4.78 is 1.10. The number of halogens is 1. The molecule has 0 spiro atoms. The van der Waals surface area contributed by atoms with Gasteiger partial charge in [-0.1, -0.05) is 33.6 Å². The van der Waals surface area contributed by atoms with Gasteiger partial charge in [-0.3, -0.25) is 11.3 Å². The fourth-order valence-electron chi connectivity index (χ4n) is 1.83. The van der Waals surface area contributed by atoms with Crippen LogP contribution >= 0.6 is 27.3 Å². The van der Waals surface area contributed by atoms with Gasteiger partial charge in [0, 0.05) is 4.47 Å². The van der Waals surface area contributed by atoms with Crippen LogP contribution in [0, 0.1) is 6.92 Å². The Kier molecular flexibility index (Phi) is 4.34. The van der Waals surface area contributed by atoms with Gasteiger partial charge in [0.25, 0.3) is 0 Å². The van der Waals surface area contributed by atoms with Gasteiger partial charge in [-0.25, -0.2) is 0 Å². The Morgan fingerprint density at radius 2 is 2.24 bits per heavy atom. The van der Waals surface area contributed by atoms with Crippen LogP contribution < -0.4 is 11.3 Å². The minimum atomic E-state index is 0.138. The molecule has 0 amide bonds. The molecule has 1 aromatic heterocycles. The molecule has 3 N–H and O–H groups in total. The first-order valence-electron chi connectivity index (χ1n) is 5.44. The molecule has 2 aromatic rings. The van der Waals surface area contributed by atoms with E-state index in [1.165, 1.54) is 16.7 Å². The first-order chi connectivity index (χ1) is 8.20. The van der Waals surface area contributed by atoms with Crippen LogP contribution in [0.5, 0.6) is 0 Å². The predicted octanol–water partition coefficient (Wildman–Crippen LogP) is 3.57. The minimum Gasteiger partial charge on any atom is -0.271 e. The second-order valence-electron chi connectivity index (χ2n) is 4.08. The summed E-state index contributed by atoms with van der Waals surface area (Å²) in [6, 6.07) is 8.60. The molecule has 0 fully saturated rings. The standard InChI is InChI=1S/C13H15BrN2S/c1-9-2-3-12(14)11(6-9)13(16-15)7-10-4-5-17-8-10/h2-6,8,13,16H,7,15H2,1H3. The molecule has 1 heterocycles. The quantitative estimate of drug-likeness (QED) is 0.669. The highest BCUT2D eigenvalue weighted by atomic mass is 79.9. The lowest BCUT2D eigenvalue weighted by Crippen LogP contribution is -2.29. The second kappa shape index (κ2) is 5.78. The third-order valence-corrected chi connectivity index (χ3v) is 4.20. The van der Waals surface area contributed by atoms with E-state index in [0.29, 0.717) is 0 Å². The van der Waals surface area contributed by atoms with Crippen molar-refractivity contribution in [1.82, 2.24) is 5.43 Å². The first-order valence-corrected chi connectivity index (χ1v) is 7.17. The van der Waals surface area contributed by atoms with E-state index in [-0.39, 0.29) is 6.04 Å². The van der Waals surface area contributed by atoms with Crippen LogP contribution in [0.2, 0.25) is 0 Å². The Hall–Kier alpha value is -0.680. The van der Waals surface area contributed by atoms with Gasteiger partial charge in [0.2, 0.25) is 0 Å². The number of hydrogen-bond donors (Lipinski definition) is 2. The van der Waals surface area contributed by atoms with Gasteiger partial charge in [-0.05, 0) is 47.4 Å². The first kappa shape index (κ1) is 12.8. The summed E-state index contributed by atoms with van der Waals surface area (Å²) in [6.45, 7) is 2.09. The topological polar surface area (TPSA) is 38.0 Å². The van der Waals surface area contributed by atoms with Gasteiger partial charge in [0.05, 0.1) is 6.04 Å². The van der Waals surface area contributed by atoms with E-state index < -0.39 is 0 Å². The van der Waals surface area contributed by atoms with Crippen molar-refractivity contribution in [3.05, 3.63) is 56.2 Å². The van der Waals surface area contributed by atoms with Crippen LogP contribution in [0.15, 0.2) is 39.5 Å². The highest BCUT2D eigenvalue weighted by molar-refractivity contribution is 9.10. The maximum Gasteiger partial charge on any atom is 0.0511 e. The lowest BCUT2D eigenvalue weighted by molar-refractivity contribution is 0.550. The Balaban J connectivity index is 2.25. The molecule has 1 unspecified atom stereocenters. The monoisotopic (exact) mass is 310 g/mol. The average Bonchev–Trinajstić information content (AvgIpc) is 2.82. The lowest BCUT2D eigenvalue weighted by Gasteiger charge is -2.18. The average molecular weight is 311 g/mol. The van der Waals surface area contributed by atoms with Crippen molar-refractivity contribution >= 4 is 27.3 Å². The molecular weight excluding hydrogens is 296 g/mol. The molecule has 0 radical (unpaired) electrons. The zero-order valence-electron chi connectivity index (χ0n) is 9.61. The summed E-state index contributed by atoms with van der Waals surface area (Å²) in [6.07, 6.45) is 0.905. The Bertz CT molecular complexity index is 482. The normalized spacial score (nSPS) is 12.6. The molecule has 0 saturated heterocycles. The van der Waals surface area contributed by atoms with Crippen LogP contribution in [0.3, 0.4) is 0 Å². The predicted molar refractivity (Wildman–Crippen MR) is 77.0 cm³/mol. The highest BCUT2D eigenvalue weighted by Crippen LogP contribution is 2.27. The molecule has 1 aromatic carbocycles. The summed E-state index contributed by atoms with van der Waals surface area (Å²) >= 11 is 5.30. The number of nitrogens with one attached hydrogen (secondary N) is 1. The summed E-state index contributed by atoms with van der Waals surface area (Å²) in [7, 11) is 0. The number of hydrazine groups is 1. The van der Waals surface area contributed by atoms with Crippen molar-refractivity contribution in [2.24, 2.45) is 5.84 Å². The van der Waals surface area contributed by atoms with E-state index in [1.807, 2.05) is 0 Å². The van der Waals surface area contributed by atoms with Crippen LogP contribution in [-0.4, -0.2) is 0 Å². The van der Waals surface area contributed by atoms with Crippen molar-refractivity contribution in [3.8, 4) is 0 Å². The molecule has 4 heteroatoms. The van der Waals surface area contributed by atoms with Gasteiger partial charge in [0.15, 0.2) is 0 Å². The van der Waals surface area contributed by atoms with Crippen molar-refractivity contribution in [2.75, 3.05) is 0 Å².